The third kappa shape index (κ3) is 16.0. The van der Waals surface area contributed by atoms with Crippen molar-refractivity contribution in [3.8, 4) is 0 Å². The maximum Gasteiger partial charge on any atom is 0.217 e. The molecule has 0 aromatic heterocycles. The molecule has 21 heavy (non-hydrogen) atoms. The lowest BCUT2D eigenvalue weighted by Crippen LogP contribution is -2.41. The highest BCUT2D eigenvalue weighted by molar-refractivity contribution is 7.80. The first-order valence-electron chi connectivity index (χ1n) is 8.19. The number of hydrogen-bond acceptors (Lipinski definition) is 4. The summed E-state index contributed by atoms with van der Waals surface area (Å²) in [4.78, 5) is 0. The summed E-state index contributed by atoms with van der Waals surface area (Å²) in [6.07, 6.45) is 11.1. The molecule has 0 bridgehead atoms. The van der Waals surface area contributed by atoms with Crippen molar-refractivity contribution in [2.75, 3.05) is 33.8 Å². The van der Waals surface area contributed by atoms with Gasteiger partial charge in [0.2, 0.25) is 10.4 Å². The standard InChI is InChI=1S/C15H33NO4S/c1-4-5-6-7-8-9-10-11-13-16(2,3)14-12-15-20-21(17,18)19/h4-15H2,1-3H3. The quantitative estimate of drug-likeness (QED) is 0.213. The fourth-order valence-corrected chi connectivity index (χ4v) is 2.76. The van der Waals surface area contributed by atoms with Crippen molar-refractivity contribution in [1.29, 1.82) is 0 Å². The molecule has 0 atom stereocenters. The first-order chi connectivity index (χ1) is 9.77. The predicted octanol–water partition coefficient (Wildman–Crippen LogP) is 3.07. The third-order valence-corrected chi connectivity index (χ3v) is 4.21. The Balaban J connectivity index is 3.50. The van der Waals surface area contributed by atoms with Crippen LogP contribution in [0.1, 0.15) is 64.7 Å². The monoisotopic (exact) mass is 323 g/mol. The van der Waals surface area contributed by atoms with E-state index in [2.05, 4.69) is 25.2 Å². The molecule has 0 saturated carbocycles. The molecule has 0 aliphatic rings. The van der Waals surface area contributed by atoms with Gasteiger partial charge in [-0.2, -0.15) is 0 Å². The zero-order chi connectivity index (χ0) is 16.2. The molecule has 0 fully saturated rings. The second-order valence-corrected chi connectivity index (χ2v) is 7.49. The predicted molar refractivity (Wildman–Crippen MR) is 84.7 cm³/mol. The summed E-state index contributed by atoms with van der Waals surface area (Å²) >= 11 is 0. The van der Waals surface area contributed by atoms with Crippen LogP contribution in [-0.4, -0.2) is 51.2 Å². The van der Waals surface area contributed by atoms with Crippen molar-refractivity contribution >= 4 is 10.4 Å². The van der Waals surface area contributed by atoms with Crippen molar-refractivity contribution < 1.29 is 21.6 Å². The minimum Gasteiger partial charge on any atom is -0.726 e. The fraction of sp³-hybridized carbons (Fsp3) is 1.00. The van der Waals surface area contributed by atoms with Gasteiger partial charge in [-0.1, -0.05) is 45.4 Å². The lowest BCUT2D eigenvalue weighted by molar-refractivity contribution is -0.890. The Morgan fingerprint density at radius 1 is 0.857 bits per heavy atom. The highest BCUT2D eigenvalue weighted by Gasteiger charge is 2.14. The van der Waals surface area contributed by atoms with E-state index in [1.807, 2.05) is 0 Å². The van der Waals surface area contributed by atoms with Gasteiger partial charge in [0.05, 0.1) is 33.8 Å². The average molecular weight is 323 g/mol. The Hall–Kier alpha value is -0.170. The van der Waals surface area contributed by atoms with Crippen molar-refractivity contribution in [3.05, 3.63) is 0 Å². The van der Waals surface area contributed by atoms with Crippen LogP contribution in [0.25, 0.3) is 0 Å². The molecular formula is C15H33NO4S. The van der Waals surface area contributed by atoms with Crippen molar-refractivity contribution in [2.24, 2.45) is 0 Å². The van der Waals surface area contributed by atoms with Crippen molar-refractivity contribution in [3.63, 3.8) is 0 Å². The average Bonchev–Trinajstić information content (AvgIpc) is 2.37. The first-order valence-corrected chi connectivity index (χ1v) is 9.52. The highest BCUT2D eigenvalue weighted by Crippen LogP contribution is 2.10. The van der Waals surface area contributed by atoms with Crippen LogP contribution in [0, 0.1) is 0 Å². The van der Waals surface area contributed by atoms with Gasteiger partial charge in [0.25, 0.3) is 0 Å². The molecule has 0 amide bonds. The van der Waals surface area contributed by atoms with Crippen molar-refractivity contribution in [2.45, 2.75) is 64.7 Å². The third-order valence-electron chi connectivity index (χ3n) is 3.75. The Morgan fingerprint density at radius 3 is 1.86 bits per heavy atom. The normalized spacial score (nSPS) is 12.8. The van der Waals surface area contributed by atoms with Gasteiger partial charge >= 0.3 is 0 Å². The number of hydrogen-bond donors (Lipinski definition) is 0. The smallest absolute Gasteiger partial charge is 0.217 e. The number of quaternary nitrogens is 1. The topological polar surface area (TPSA) is 66.4 Å². The van der Waals surface area contributed by atoms with Crippen LogP contribution in [0.4, 0.5) is 0 Å². The van der Waals surface area contributed by atoms with Gasteiger partial charge in [-0.3, -0.25) is 4.18 Å². The molecular weight excluding hydrogens is 290 g/mol. The van der Waals surface area contributed by atoms with Gasteiger partial charge in [-0.25, -0.2) is 8.42 Å². The largest absolute Gasteiger partial charge is 0.726 e. The SMILES string of the molecule is CCCCCCCCCC[N+](C)(C)CCCOS(=O)(=O)[O-]. The number of nitrogens with zero attached hydrogens (tertiary/aromatic N) is 1. The summed E-state index contributed by atoms with van der Waals surface area (Å²) in [6.45, 7) is 4.13. The van der Waals surface area contributed by atoms with Crippen LogP contribution in [0.3, 0.4) is 0 Å². The molecule has 0 spiro atoms. The molecule has 6 heteroatoms. The van der Waals surface area contributed by atoms with Crippen LogP contribution in [0.5, 0.6) is 0 Å². The summed E-state index contributed by atoms with van der Waals surface area (Å²) in [7, 11) is -0.269. The zero-order valence-electron chi connectivity index (χ0n) is 14.0. The summed E-state index contributed by atoms with van der Waals surface area (Å²) in [5.41, 5.74) is 0. The maximum atomic E-state index is 10.3. The van der Waals surface area contributed by atoms with Gasteiger partial charge in [0.15, 0.2) is 0 Å². The minimum atomic E-state index is -4.53. The van der Waals surface area contributed by atoms with Gasteiger partial charge < -0.3 is 9.04 Å². The molecule has 0 radical (unpaired) electrons. The molecule has 0 aliphatic heterocycles. The van der Waals surface area contributed by atoms with Crippen LogP contribution in [0.15, 0.2) is 0 Å². The summed E-state index contributed by atoms with van der Waals surface area (Å²) < 4.78 is 36.0. The van der Waals surface area contributed by atoms with Gasteiger partial charge in [-0.15, -0.1) is 0 Å². The van der Waals surface area contributed by atoms with Crippen molar-refractivity contribution in [1.82, 2.24) is 0 Å². The van der Waals surface area contributed by atoms with E-state index in [9.17, 15) is 13.0 Å². The van der Waals surface area contributed by atoms with Crippen LogP contribution < -0.4 is 0 Å². The molecule has 5 nitrogen and oxygen atoms in total. The van der Waals surface area contributed by atoms with E-state index in [4.69, 9.17) is 0 Å². The molecule has 0 unspecified atom stereocenters. The maximum absolute atomic E-state index is 10.3. The molecule has 128 valence electrons. The first kappa shape index (κ1) is 20.8. The Kier molecular flexibility index (Phi) is 11.3. The second kappa shape index (κ2) is 11.4. The molecule has 0 aliphatic carbocycles. The molecule has 0 N–H and O–H groups in total. The Morgan fingerprint density at radius 2 is 1.33 bits per heavy atom. The van der Waals surface area contributed by atoms with E-state index in [1.165, 1.54) is 51.4 Å². The van der Waals surface area contributed by atoms with E-state index in [0.717, 1.165) is 17.6 Å². The van der Waals surface area contributed by atoms with Crippen LogP contribution in [0.2, 0.25) is 0 Å². The summed E-state index contributed by atoms with van der Waals surface area (Å²) in [5.74, 6) is 0. The van der Waals surface area contributed by atoms with Gasteiger partial charge in [0.1, 0.15) is 0 Å². The fourth-order valence-electron chi connectivity index (χ4n) is 2.44. The summed E-state index contributed by atoms with van der Waals surface area (Å²) in [6, 6.07) is 0. The molecule has 0 aromatic rings. The van der Waals surface area contributed by atoms with E-state index < -0.39 is 10.4 Å². The highest BCUT2D eigenvalue weighted by atomic mass is 32.3. The van der Waals surface area contributed by atoms with E-state index in [1.54, 1.807) is 0 Å². The van der Waals surface area contributed by atoms with E-state index >= 15 is 0 Å². The minimum absolute atomic E-state index is 0.00899. The lowest BCUT2D eigenvalue weighted by Gasteiger charge is -2.30. The zero-order valence-corrected chi connectivity index (χ0v) is 14.8. The van der Waals surface area contributed by atoms with Crippen LogP contribution in [-0.2, 0) is 14.6 Å². The second-order valence-electron chi connectivity index (χ2n) is 6.44. The molecule has 0 saturated heterocycles. The number of rotatable bonds is 14. The Labute approximate surface area is 131 Å². The van der Waals surface area contributed by atoms with E-state index in [-0.39, 0.29) is 6.61 Å². The molecule has 0 aromatic carbocycles. The van der Waals surface area contributed by atoms with Gasteiger partial charge in [-0.05, 0) is 12.8 Å². The van der Waals surface area contributed by atoms with E-state index in [0.29, 0.717) is 6.42 Å². The van der Waals surface area contributed by atoms with Crippen LogP contribution >= 0.6 is 0 Å². The van der Waals surface area contributed by atoms with Gasteiger partial charge in [0, 0.05) is 6.42 Å². The molecule has 0 heterocycles. The lowest BCUT2D eigenvalue weighted by atomic mass is 10.1. The summed E-state index contributed by atoms with van der Waals surface area (Å²) in [5, 5.41) is 0. The molecule has 0 rings (SSSR count). The number of unbranched alkanes of at least 4 members (excludes halogenated alkanes) is 7. The Bertz CT molecular complexity index is 342.